The molecule has 2 heterocycles. The number of unbranched alkanes of at least 4 members (excludes halogenated alkanes) is 2. The van der Waals surface area contributed by atoms with Crippen LogP contribution in [-0.4, -0.2) is 75.6 Å². The number of nitrogens with one attached hydrogen (secondary N) is 1. The molecule has 0 radical (unpaired) electrons. The third-order valence-corrected chi connectivity index (χ3v) is 7.44. The molecule has 3 rings (SSSR count). The van der Waals surface area contributed by atoms with Crippen LogP contribution in [-0.2, 0) is 14.8 Å². The summed E-state index contributed by atoms with van der Waals surface area (Å²) in [6.07, 6.45) is 3.78. The van der Waals surface area contributed by atoms with Crippen LogP contribution in [0.4, 0.5) is 0 Å². The van der Waals surface area contributed by atoms with Crippen molar-refractivity contribution in [2.45, 2.75) is 63.3 Å². The van der Waals surface area contributed by atoms with E-state index in [9.17, 15) is 13.2 Å². The Morgan fingerprint density at radius 2 is 1.75 bits per heavy atom. The number of amides is 1. The molecule has 2 aliphatic rings. The van der Waals surface area contributed by atoms with Gasteiger partial charge in [0.2, 0.25) is 15.9 Å². The van der Waals surface area contributed by atoms with Crippen molar-refractivity contribution in [2.24, 2.45) is 0 Å². The van der Waals surface area contributed by atoms with Gasteiger partial charge in [-0.1, -0.05) is 6.42 Å². The Morgan fingerprint density at radius 1 is 1.00 bits per heavy atom. The summed E-state index contributed by atoms with van der Waals surface area (Å²) in [6, 6.07) is 4.65. The molecular weight excluding hydrogens is 430 g/mol. The predicted octanol–water partition coefficient (Wildman–Crippen LogP) is 2.63. The summed E-state index contributed by atoms with van der Waals surface area (Å²) in [5.41, 5.74) is 0.131. The minimum Gasteiger partial charge on any atom is -0.486 e. The van der Waals surface area contributed by atoms with Crippen molar-refractivity contribution in [3.05, 3.63) is 18.2 Å². The molecule has 1 N–H and O–H groups in total. The second kappa shape index (κ2) is 10.9. The average molecular weight is 468 g/mol. The highest BCUT2D eigenvalue weighted by molar-refractivity contribution is 7.89. The Bertz CT molecular complexity index is 882. The van der Waals surface area contributed by atoms with Gasteiger partial charge < -0.3 is 14.4 Å². The molecular formula is C23H37N3O5S. The molecule has 8 nitrogen and oxygen atoms in total. The number of hydrogen-bond donors (Lipinski definition) is 1. The number of nitrogens with zero attached hydrogens (tertiary/aromatic N) is 2. The fourth-order valence-electron chi connectivity index (χ4n) is 4.05. The van der Waals surface area contributed by atoms with Crippen molar-refractivity contribution in [1.29, 1.82) is 0 Å². The topological polar surface area (TPSA) is 88.2 Å². The Labute approximate surface area is 192 Å². The number of carbonyl (C=O) groups excluding carboxylic acids is 1. The Balaban J connectivity index is 1.35. The summed E-state index contributed by atoms with van der Waals surface area (Å²) >= 11 is 0. The highest BCUT2D eigenvalue weighted by atomic mass is 32.2. The molecule has 1 aromatic rings. The van der Waals surface area contributed by atoms with E-state index in [2.05, 4.69) is 30.4 Å². The molecule has 2 aliphatic heterocycles. The molecule has 0 saturated carbocycles. The lowest BCUT2D eigenvalue weighted by Crippen LogP contribution is -2.44. The van der Waals surface area contributed by atoms with E-state index >= 15 is 0 Å². The molecule has 0 spiro atoms. The van der Waals surface area contributed by atoms with E-state index in [0.29, 0.717) is 44.1 Å². The van der Waals surface area contributed by atoms with Crippen molar-refractivity contribution >= 4 is 15.9 Å². The Kier molecular flexibility index (Phi) is 8.41. The van der Waals surface area contributed by atoms with Crippen LogP contribution in [0.1, 0.15) is 52.9 Å². The van der Waals surface area contributed by atoms with Gasteiger partial charge in [-0.05, 0) is 52.2 Å². The first-order valence-electron chi connectivity index (χ1n) is 11.6. The van der Waals surface area contributed by atoms with E-state index in [1.54, 1.807) is 6.07 Å². The monoisotopic (exact) mass is 467 g/mol. The van der Waals surface area contributed by atoms with Gasteiger partial charge >= 0.3 is 0 Å². The van der Waals surface area contributed by atoms with Crippen molar-refractivity contribution < 1.29 is 22.7 Å². The first kappa shape index (κ1) is 24.8. The van der Waals surface area contributed by atoms with Gasteiger partial charge in [0.15, 0.2) is 11.5 Å². The smallest absolute Gasteiger partial charge is 0.240 e. The third-order valence-electron chi connectivity index (χ3n) is 5.98. The summed E-state index contributed by atoms with van der Waals surface area (Å²) in [6.45, 7) is 11.4. The fraction of sp³-hybridized carbons (Fsp3) is 0.696. The molecule has 1 saturated heterocycles. The second-order valence-electron chi connectivity index (χ2n) is 9.41. The summed E-state index contributed by atoms with van der Waals surface area (Å²) in [4.78, 5) is 17.2. The molecule has 0 unspecified atom stereocenters. The van der Waals surface area contributed by atoms with Crippen LogP contribution in [0.25, 0.3) is 0 Å². The van der Waals surface area contributed by atoms with Gasteiger partial charge in [-0.2, -0.15) is 0 Å². The molecule has 9 heteroatoms. The zero-order valence-electron chi connectivity index (χ0n) is 19.6. The number of fused-ring (bicyclic) bond motifs is 1. The van der Waals surface area contributed by atoms with E-state index in [1.807, 2.05) is 4.90 Å². The number of ether oxygens (including phenoxy) is 2. The highest BCUT2D eigenvalue weighted by Gasteiger charge is 2.25. The van der Waals surface area contributed by atoms with E-state index in [1.165, 1.54) is 12.1 Å². The number of hydrogen-bond acceptors (Lipinski definition) is 6. The summed E-state index contributed by atoms with van der Waals surface area (Å²) in [5.74, 6) is 1.23. The Hall–Kier alpha value is -1.84. The van der Waals surface area contributed by atoms with Crippen LogP contribution in [0, 0.1) is 0 Å². The van der Waals surface area contributed by atoms with Crippen molar-refractivity contribution in [2.75, 3.05) is 45.9 Å². The zero-order chi connectivity index (χ0) is 23.2. The number of benzene rings is 1. The molecule has 0 atom stereocenters. The predicted molar refractivity (Wildman–Crippen MR) is 124 cm³/mol. The van der Waals surface area contributed by atoms with Crippen molar-refractivity contribution in [1.82, 2.24) is 14.5 Å². The van der Waals surface area contributed by atoms with Gasteiger partial charge in [-0.3, -0.25) is 9.69 Å². The summed E-state index contributed by atoms with van der Waals surface area (Å²) in [7, 11) is -3.60. The minimum atomic E-state index is -3.60. The minimum absolute atomic E-state index is 0.131. The summed E-state index contributed by atoms with van der Waals surface area (Å²) in [5, 5.41) is 0. The van der Waals surface area contributed by atoms with Crippen LogP contribution in [0.5, 0.6) is 11.5 Å². The van der Waals surface area contributed by atoms with Crippen molar-refractivity contribution in [3.63, 3.8) is 0 Å². The van der Waals surface area contributed by atoms with Gasteiger partial charge in [-0.25, -0.2) is 13.1 Å². The van der Waals surface area contributed by atoms with Crippen LogP contribution in [0.15, 0.2) is 23.1 Å². The number of carbonyl (C=O) groups is 1. The van der Waals surface area contributed by atoms with Gasteiger partial charge in [0.25, 0.3) is 0 Å². The van der Waals surface area contributed by atoms with Crippen LogP contribution in [0.2, 0.25) is 0 Å². The van der Waals surface area contributed by atoms with Gasteiger partial charge in [0, 0.05) is 50.7 Å². The van der Waals surface area contributed by atoms with Crippen LogP contribution < -0.4 is 14.2 Å². The standard InChI is InChI=1S/C23H37N3O5S/c1-23(2,3)26-13-7-12-25(14-15-26)22(27)8-5-4-6-11-24-32(28,29)19-9-10-20-21(18-19)31-17-16-30-20/h9-10,18,24H,4-8,11-17H2,1-3H3. The quantitative estimate of drug-likeness (QED) is 0.592. The van der Waals surface area contributed by atoms with Gasteiger partial charge in [-0.15, -0.1) is 0 Å². The molecule has 0 aromatic heterocycles. The van der Waals surface area contributed by atoms with Gasteiger partial charge in [0.1, 0.15) is 13.2 Å². The maximum atomic E-state index is 12.6. The SMILES string of the molecule is CC(C)(C)N1CCCN(C(=O)CCCCCNS(=O)(=O)c2ccc3c(c2)OCCO3)CC1. The first-order valence-corrected chi connectivity index (χ1v) is 13.1. The second-order valence-corrected chi connectivity index (χ2v) is 11.2. The molecule has 0 aliphatic carbocycles. The lowest BCUT2D eigenvalue weighted by atomic mass is 10.1. The largest absolute Gasteiger partial charge is 0.486 e. The molecule has 1 aromatic carbocycles. The van der Waals surface area contributed by atoms with E-state index in [0.717, 1.165) is 45.4 Å². The molecule has 180 valence electrons. The maximum absolute atomic E-state index is 12.6. The third kappa shape index (κ3) is 6.83. The van der Waals surface area contributed by atoms with E-state index < -0.39 is 10.0 Å². The lowest BCUT2D eigenvalue weighted by molar-refractivity contribution is -0.131. The zero-order valence-corrected chi connectivity index (χ0v) is 20.4. The maximum Gasteiger partial charge on any atom is 0.240 e. The number of rotatable bonds is 8. The van der Waals surface area contributed by atoms with Crippen LogP contribution >= 0.6 is 0 Å². The number of sulfonamides is 1. The average Bonchev–Trinajstić information content (AvgIpc) is 3.02. The normalized spacial score (nSPS) is 17.8. The molecule has 32 heavy (non-hydrogen) atoms. The first-order chi connectivity index (χ1) is 15.2. The van der Waals surface area contributed by atoms with E-state index in [4.69, 9.17) is 9.47 Å². The summed E-state index contributed by atoms with van der Waals surface area (Å²) < 4.78 is 38.6. The highest BCUT2D eigenvalue weighted by Crippen LogP contribution is 2.32. The van der Waals surface area contributed by atoms with Crippen molar-refractivity contribution in [3.8, 4) is 11.5 Å². The molecule has 0 bridgehead atoms. The van der Waals surface area contributed by atoms with Crippen LogP contribution in [0.3, 0.4) is 0 Å². The molecule has 1 fully saturated rings. The lowest BCUT2D eigenvalue weighted by Gasteiger charge is -2.34. The Morgan fingerprint density at radius 3 is 2.50 bits per heavy atom. The molecule has 1 amide bonds. The van der Waals surface area contributed by atoms with Gasteiger partial charge in [0.05, 0.1) is 4.90 Å². The fourth-order valence-corrected chi connectivity index (χ4v) is 5.14. The van der Waals surface area contributed by atoms with E-state index in [-0.39, 0.29) is 16.3 Å².